The fraction of sp³-hybridized carbons (Fsp3) is 0.417. The lowest BCUT2D eigenvalue weighted by atomic mass is 10.2. The maximum Gasteiger partial charge on any atom is 0.125 e. The number of nitrogens with two attached hydrogens (primary N) is 1. The fourth-order valence-corrected chi connectivity index (χ4v) is 1.27. The van der Waals surface area contributed by atoms with E-state index in [1.54, 1.807) is 7.11 Å². The second-order valence-electron chi connectivity index (χ2n) is 3.51. The first kappa shape index (κ1) is 11.7. The van der Waals surface area contributed by atoms with Gasteiger partial charge < -0.3 is 10.5 Å². The van der Waals surface area contributed by atoms with Crippen LogP contribution in [0.3, 0.4) is 0 Å². The van der Waals surface area contributed by atoms with Crippen LogP contribution in [0.5, 0.6) is 0 Å². The first-order valence-corrected chi connectivity index (χ1v) is 5.11. The molecular formula is C12H18N2O. The van der Waals surface area contributed by atoms with E-state index in [1.165, 1.54) is 0 Å². The Morgan fingerprint density at radius 3 is 2.67 bits per heavy atom. The average molecular weight is 206 g/mol. The summed E-state index contributed by atoms with van der Waals surface area (Å²) in [5.41, 5.74) is 6.85. The smallest absolute Gasteiger partial charge is 0.125 e. The summed E-state index contributed by atoms with van der Waals surface area (Å²) in [5, 5.41) is 0. The molecule has 3 nitrogen and oxygen atoms in total. The first-order valence-electron chi connectivity index (χ1n) is 5.11. The molecule has 0 saturated heterocycles. The molecule has 0 amide bonds. The van der Waals surface area contributed by atoms with Gasteiger partial charge in [-0.05, 0) is 13.3 Å². The fourth-order valence-electron chi connectivity index (χ4n) is 1.27. The van der Waals surface area contributed by atoms with Crippen LogP contribution in [0.25, 0.3) is 0 Å². The van der Waals surface area contributed by atoms with E-state index in [0.717, 1.165) is 12.0 Å². The van der Waals surface area contributed by atoms with Gasteiger partial charge in [0.15, 0.2) is 0 Å². The molecule has 0 bridgehead atoms. The number of methoxy groups -OCH3 is 1. The van der Waals surface area contributed by atoms with Crippen molar-refractivity contribution in [3.8, 4) is 0 Å². The Kier molecular flexibility index (Phi) is 4.84. The maximum absolute atomic E-state index is 5.88. The van der Waals surface area contributed by atoms with Crippen LogP contribution in [0.4, 0.5) is 0 Å². The van der Waals surface area contributed by atoms with E-state index in [4.69, 9.17) is 10.5 Å². The van der Waals surface area contributed by atoms with Gasteiger partial charge in [-0.15, -0.1) is 0 Å². The third kappa shape index (κ3) is 4.13. The standard InChI is InChI=1S/C12H18N2O/c1-10(8-9-15-2)14-12(13)11-6-4-3-5-7-11/h3-7,10H,8-9H2,1-2H3,(H2,13,14). The molecule has 0 fully saturated rings. The lowest BCUT2D eigenvalue weighted by molar-refractivity contribution is 0.190. The predicted molar refractivity (Wildman–Crippen MR) is 63.1 cm³/mol. The Morgan fingerprint density at radius 1 is 1.40 bits per heavy atom. The SMILES string of the molecule is COCCC(C)N=C(N)c1ccccc1. The summed E-state index contributed by atoms with van der Waals surface area (Å²) in [5.74, 6) is 0.596. The third-order valence-corrected chi connectivity index (χ3v) is 2.17. The van der Waals surface area contributed by atoms with Gasteiger partial charge in [0.25, 0.3) is 0 Å². The molecule has 0 aliphatic carbocycles. The molecule has 2 N–H and O–H groups in total. The van der Waals surface area contributed by atoms with Gasteiger partial charge in [-0.1, -0.05) is 30.3 Å². The van der Waals surface area contributed by atoms with Gasteiger partial charge in [0.1, 0.15) is 5.84 Å². The second kappa shape index (κ2) is 6.19. The Hall–Kier alpha value is -1.35. The minimum absolute atomic E-state index is 0.199. The highest BCUT2D eigenvalue weighted by Gasteiger charge is 2.01. The second-order valence-corrected chi connectivity index (χ2v) is 3.51. The van der Waals surface area contributed by atoms with E-state index in [0.29, 0.717) is 12.4 Å². The zero-order chi connectivity index (χ0) is 11.1. The van der Waals surface area contributed by atoms with Crippen LogP contribution >= 0.6 is 0 Å². The summed E-state index contributed by atoms with van der Waals surface area (Å²) >= 11 is 0. The average Bonchev–Trinajstić information content (AvgIpc) is 2.27. The van der Waals surface area contributed by atoms with Gasteiger partial charge in [0, 0.05) is 19.3 Å². The van der Waals surface area contributed by atoms with Crippen LogP contribution in [-0.4, -0.2) is 25.6 Å². The number of hydrogen-bond acceptors (Lipinski definition) is 2. The number of nitrogens with zero attached hydrogens (tertiary/aromatic N) is 1. The monoisotopic (exact) mass is 206 g/mol. The van der Waals surface area contributed by atoms with Crippen molar-refractivity contribution in [1.29, 1.82) is 0 Å². The Balaban J connectivity index is 2.59. The molecule has 1 unspecified atom stereocenters. The molecule has 15 heavy (non-hydrogen) atoms. The van der Waals surface area contributed by atoms with Crippen molar-refractivity contribution in [2.24, 2.45) is 10.7 Å². The van der Waals surface area contributed by atoms with Crippen molar-refractivity contribution in [3.63, 3.8) is 0 Å². The van der Waals surface area contributed by atoms with Gasteiger partial charge in [-0.3, -0.25) is 4.99 Å². The van der Waals surface area contributed by atoms with Crippen LogP contribution < -0.4 is 5.73 Å². The number of rotatable bonds is 5. The largest absolute Gasteiger partial charge is 0.385 e. The van der Waals surface area contributed by atoms with Gasteiger partial charge >= 0.3 is 0 Å². The summed E-state index contributed by atoms with van der Waals surface area (Å²) in [4.78, 5) is 4.40. The molecule has 1 aromatic rings. The Morgan fingerprint density at radius 2 is 2.07 bits per heavy atom. The Bertz CT molecular complexity index is 309. The molecule has 0 aromatic heterocycles. The zero-order valence-corrected chi connectivity index (χ0v) is 9.31. The number of ether oxygens (including phenoxy) is 1. The molecule has 0 spiro atoms. The molecule has 0 saturated carbocycles. The van der Waals surface area contributed by atoms with E-state index >= 15 is 0 Å². The van der Waals surface area contributed by atoms with Gasteiger partial charge in [0.05, 0.1) is 6.04 Å². The van der Waals surface area contributed by atoms with E-state index in [2.05, 4.69) is 4.99 Å². The normalized spacial score (nSPS) is 13.9. The van der Waals surface area contributed by atoms with Crippen LogP contribution in [0.1, 0.15) is 18.9 Å². The molecule has 1 atom stereocenters. The quantitative estimate of drug-likeness (QED) is 0.590. The highest BCUT2D eigenvalue weighted by Crippen LogP contribution is 2.02. The number of hydrogen-bond donors (Lipinski definition) is 1. The topological polar surface area (TPSA) is 47.6 Å². The molecule has 1 rings (SSSR count). The summed E-state index contributed by atoms with van der Waals surface area (Å²) in [6, 6.07) is 9.99. The van der Waals surface area contributed by atoms with Gasteiger partial charge in [0.2, 0.25) is 0 Å². The molecular weight excluding hydrogens is 188 g/mol. The molecule has 0 aliphatic rings. The molecule has 0 radical (unpaired) electrons. The molecule has 0 heterocycles. The van der Waals surface area contributed by atoms with Crippen molar-refractivity contribution in [1.82, 2.24) is 0 Å². The van der Waals surface area contributed by atoms with E-state index in [-0.39, 0.29) is 6.04 Å². The molecule has 3 heteroatoms. The van der Waals surface area contributed by atoms with Crippen molar-refractivity contribution >= 4 is 5.84 Å². The minimum Gasteiger partial charge on any atom is -0.385 e. The van der Waals surface area contributed by atoms with Crippen molar-refractivity contribution < 1.29 is 4.74 Å². The predicted octanol–water partition coefficient (Wildman–Crippen LogP) is 1.82. The van der Waals surface area contributed by atoms with Gasteiger partial charge in [-0.2, -0.15) is 0 Å². The number of aliphatic imine (C=N–C) groups is 1. The van der Waals surface area contributed by atoms with Crippen LogP contribution in [0.2, 0.25) is 0 Å². The summed E-state index contributed by atoms with van der Waals surface area (Å²) in [6.45, 7) is 2.75. The summed E-state index contributed by atoms with van der Waals surface area (Å²) in [7, 11) is 1.69. The van der Waals surface area contributed by atoms with Crippen LogP contribution in [0.15, 0.2) is 35.3 Å². The summed E-state index contributed by atoms with van der Waals surface area (Å²) in [6.07, 6.45) is 0.893. The van der Waals surface area contributed by atoms with E-state index in [9.17, 15) is 0 Å². The maximum atomic E-state index is 5.88. The van der Waals surface area contributed by atoms with E-state index in [1.807, 2.05) is 37.3 Å². The van der Waals surface area contributed by atoms with Crippen molar-refractivity contribution in [2.45, 2.75) is 19.4 Å². The number of benzene rings is 1. The van der Waals surface area contributed by atoms with Crippen molar-refractivity contribution in [3.05, 3.63) is 35.9 Å². The van der Waals surface area contributed by atoms with Crippen molar-refractivity contribution in [2.75, 3.05) is 13.7 Å². The zero-order valence-electron chi connectivity index (χ0n) is 9.31. The molecule has 1 aromatic carbocycles. The highest BCUT2D eigenvalue weighted by atomic mass is 16.5. The molecule has 82 valence electrons. The van der Waals surface area contributed by atoms with Gasteiger partial charge in [-0.25, -0.2) is 0 Å². The first-order chi connectivity index (χ1) is 7.24. The Labute approximate surface area is 91.0 Å². The van der Waals surface area contributed by atoms with Crippen LogP contribution in [-0.2, 0) is 4.74 Å². The lowest BCUT2D eigenvalue weighted by Crippen LogP contribution is -2.17. The molecule has 0 aliphatic heterocycles. The number of amidine groups is 1. The minimum atomic E-state index is 0.199. The lowest BCUT2D eigenvalue weighted by Gasteiger charge is -2.07. The highest BCUT2D eigenvalue weighted by molar-refractivity contribution is 5.97. The van der Waals surface area contributed by atoms with E-state index < -0.39 is 0 Å². The third-order valence-electron chi connectivity index (χ3n) is 2.17. The summed E-state index contributed by atoms with van der Waals surface area (Å²) < 4.78 is 4.99. The van der Waals surface area contributed by atoms with Crippen LogP contribution in [0, 0.1) is 0 Å².